The fraction of sp³-hybridized carbons (Fsp3) is 0.286. The van der Waals surface area contributed by atoms with Crippen LogP contribution < -0.4 is 16.0 Å². The molecule has 29 heavy (non-hydrogen) atoms. The molecule has 0 saturated heterocycles. The number of urea groups is 1. The zero-order chi connectivity index (χ0) is 21.4. The number of anilines is 1. The lowest BCUT2D eigenvalue weighted by atomic mass is 10.1. The first-order chi connectivity index (χ1) is 13.8. The Bertz CT molecular complexity index is 868. The van der Waals surface area contributed by atoms with E-state index in [0.29, 0.717) is 6.54 Å². The Kier molecular flexibility index (Phi) is 7.70. The van der Waals surface area contributed by atoms with Crippen LogP contribution in [0.5, 0.6) is 0 Å². The first kappa shape index (κ1) is 21.9. The zero-order valence-corrected chi connectivity index (χ0v) is 16.5. The normalized spacial score (nSPS) is 11.5. The third-order valence-corrected chi connectivity index (χ3v) is 3.85. The molecular weight excluding hydrogens is 377 g/mol. The van der Waals surface area contributed by atoms with Gasteiger partial charge < -0.3 is 20.7 Å². The maximum atomic E-state index is 13.6. The second kappa shape index (κ2) is 10.2. The summed E-state index contributed by atoms with van der Waals surface area (Å²) in [5.74, 6) is -1.90. The highest BCUT2D eigenvalue weighted by molar-refractivity contribution is 5.97. The molecule has 0 fully saturated rings. The van der Waals surface area contributed by atoms with Crippen LogP contribution in [0.2, 0.25) is 0 Å². The molecule has 0 saturated carbocycles. The van der Waals surface area contributed by atoms with Crippen LogP contribution in [0.25, 0.3) is 0 Å². The van der Waals surface area contributed by atoms with Crippen molar-refractivity contribution in [2.24, 2.45) is 0 Å². The molecule has 2 aromatic carbocycles. The summed E-state index contributed by atoms with van der Waals surface area (Å²) in [6.45, 7) is 5.42. The van der Waals surface area contributed by atoms with E-state index >= 15 is 0 Å². The lowest BCUT2D eigenvalue weighted by molar-refractivity contribution is -0.123. The molecule has 0 spiro atoms. The predicted molar refractivity (Wildman–Crippen MR) is 107 cm³/mol. The molecule has 3 N–H and O–H groups in total. The molecule has 0 heterocycles. The number of halogens is 1. The van der Waals surface area contributed by atoms with Crippen molar-refractivity contribution in [1.82, 2.24) is 10.6 Å². The van der Waals surface area contributed by atoms with Crippen molar-refractivity contribution >= 4 is 23.6 Å². The number of hydrogen-bond acceptors (Lipinski definition) is 4. The zero-order valence-electron chi connectivity index (χ0n) is 16.5. The minimum atomic E-state index is -1.11. The van der Waals surface area contributed by atoms with Crippen molar-refractivity contribution < 1.29 is 23.5 Å². The Morgan fingerprint density at radius 3 is 2.28 bits per heavy atom. The Balaban J connectivity index is 1.87. The van der Waals surface area contributed by atoms with Crippen LogP contribution in [-0.4, -0.2) is 30.1 Å². The molecule has 154 valence electrons. The highest BCUT2D eigenvalue weighted by Gasteiger charge is 2.20. The summed E-state index contributed by atoms with van der Waals surface area (Å²) in [6, 6.07) is 11.9. The third kappa shape index (κ3) is 6.91. The number of amides is 3. The van der Waals surface area contributed by atoms with E-state index in [0.717, 1.165) is 5.56 Å². The molecule has 2 rings (SSSR count). The van der Waals surface area contributed by atoms with Crippen molar-refractivity contribution in [3.8, 4) is 0 Å². The average molecular weight is 401 g/mol. The topological polar surface area (TPSA) is 96.5 Å². The smallest absolute Gasteiger partial charge is 0.338 e. The van der Waals surface area contributed by atoms with Crippen LogP contribution in [0.4, 0.5) is 14.9 Å². The van der Waals surface area contributed by atoms with Crippen LogP contribution in [0.1, 0.15) is 36.7 Å². The third-order valence-electron chi connectivity index (χ3n) is 3.85. The molecule has 1 atom stereocenters. The summed E-state index contributed by atoms with van der Waals surface area (Å²) in [7, 11) is 0. The van der Waals surface area contributed by atoms with Gasteiger partial charge in [-0.2, -0.15) is 0 Å². The van der Waals surface area contributed by atoms with E-state index in [2.05, 4.69) is 16.0 Å². The maximum Gasteiger partial charge on any atom is 0.338 e. The molecule has 0 bridgehead atoms. The van der Waals surface area contributed by atoms with Crippen molar-refractivity contribution in [2.75, 3.05) is 5.32 Å². The lowest BCUT2D eigenvalue weighted by Crippen LogP contribution is -2.39. The number of ether oxygens (including phenoxy) is 1. The van der Waals surface area contributed by atoms with Crippen LogP contribution in [0, 0.1) is 5.82 Å². The molecule has 0 aliphatic heterocycles. The number of rotatable bonds is 7. The Morgan fingerprint density at radius 2 is 1.66 bits per heavy atom. The van der Waals surface area contributed by atoms with Gasteiger partial charge in [0.2, 0.25) is 0 Å². The number of carbonyl (C=O) groups excluding carboxylic acids is 3. The lowest BCUT2D eigenvalue weighted by Gasteiger charge is -2.14. The number of nitrogens with one attached hydrogen (secondary N) is 3. The SMILES string of the molecule is CC(C)NC(=O)NCc1ccc(C(=O)O[C@H](C)C(=O)Nc2ccccc2F)cc1. The standard InChI is InChI=1S/C21H24FN3O4/c1-13(2)24-21(28)23-12-15-8-10-16(11-9-15)20(27)29-14(3)19(26)25-18-7-5-4-6-17(18)22/h4-11,13-14H,12H2,1-3H3,(H,25,26)(H2,23,24,28)/t14-/m1/s1. The van der Waals surface area contributed by atoms with Gasteiger partial charge in [0.05, 0.1) is 11.3 Å². The van der Waals surface area contributed by atoms with Crippen LogP contribution in [0.15, 0.2) is 48.5 Å². The van der Waals surface area contributed by atoms with Crippen molar-refractivity contribution in [3.63, 3.8) is 0 Å². The number of hydrogen-bond donors (Lipinski definition) is 3. The molecule has 0 unspecified atom stereocenters. The second-order valence-corrected chi connectivity index (χ2v) is 6.70. The van der Waals surface area contributed by atoms with Crippen LogP contribution >= 0.6 is 0 Å². The quantitative estimate of drug-likeness (QED) is 0.621. The van der Waals surface area contributed by atoms with Gasteiger partial charge in [-0.25, -0.2) is 14.0 Å². The first-order valence-corrected chi connectivity index (χ1v) is 9.16. The van der Waals surface area contributed by atoms with E-state index in [-0.39, 0.29) is 23.3 Å². The van der Waals surface area contributed by atoms with Gasteiger partial charge in [0.15, 0.2) is 6.10 Å². The van der Waals surface area contributed by atoms with Gasteiger partial charge in [0.25, 0.3) is 5.91 Å². The maximum absolute atomic E-state index is 13.6. The van der Waals surface area contributed by atoms with Crippen molar-refractivity contribution in [2.45, 2.75) is 39.5 Å². The fourth-order valence-electron chi connectivity index (χ4n) is 2.33. The van der Waals surface area contributed by atoms with E-state index in [1.807, 2.05) is 13.8 Å². The minimum absolute atomic E-state index is 0.0127. The Hall–Kier alpha value is -3.42. The minimum Gasteiger partial charge on any atom is -0.449 e. The van der Waals surface area contributed by atoms with Crippen molar-refractivity contribution in [1.29, 1.82) is 0 Å². The first-order valence-electron chi connectivity index (χ1n) is 9.16. The number of esters is 1. The van der Waals surface area contributed by atoms with Crippen LogP contribution in [-0.2, 0) is 16.1 Å². The van der Waals surface area contributed by atoms with Gasteiger partial charge in [-0.15, -0.1) is 0 Å². The predicted octanol–water partition coefficient (Wildman–Crippen LogP) is 3.22. The molecule has 0 aromatic heterocycles. The molecular formula is C21H24FN3O4. The van der Waals surface area contributed by atoms with Crippen LogP contribution in [0.3, 0.4) is 0 Å². The molecule has 2 aromatic rings. The van der Waals surface area contributed by atoms with Gasteiger partial charge in [-0.05, 0) is 50.6 Å². The number of carbonyl (C=O) groups is 3. The van der Waals surface area contributed by atoms with E-state index in [4.69, 9.17) is 4.74 Å². The van der Waals surface area contributed by atoms with E-state index in [9.17, 15) is 18.8 Å². The van der Waals surface area contributed by atoms with Gasteiger partial charge in [-0.3, -0.25) is 4.79 Å². The fourth-order valence-corrected chi connectivity index (χ4v) is 2.33. The summed E-state index contributed by atoms with van der Waals surface area (Å²) in [4.78, 5) is 35.9. The largest absolute Gasteiger partial charge is 0.449 e. The van der Waals surface area contributed by atoms with Gasteiger partial charge in [0.1, 0.15) is 5.82 Å². The van der Waals surface area contributed by atoms with Gasteiger partial charge in [0, 0.05) is 12.6 Å². The highest BCUT2D eigenvalue weighted by Crippen LogP contribution is 2.14. The molecule has 0 radical (unpaired) electrons. The molecule has 0 aliphatic carbocycles. The Labute approximate surface area is 168 Å². The molecule has 7 nitrogen and oxygen atoms in total. The highest BCUT2D eigenvalue weighted by atomic mass is 19.1. The summed E-state index contributed by atoms with van der Waals surface area (Å²) < 4.78 is 18.7. The number of para-hydroxylation sites is 1. The summed E-state index contributed by atoms with van der Waals surface area (Å²) in [5.41, 5.74) is 1.07. The molecule has 8 heteroatoms. The molecule has 3 amide bonds. The van der Waals surface area contributed by atoms with E-state index < -0.39 is 23.8 Å². The van der Waals surface area contributed by atoms with E-state index in [1.165, 1.54) is 25.1 Å². The van der Waals surface area contributed by atoms with Gasteiger partial charge in [-0.1, -0.05) is 24.3 Å². The van der Waals surface area contributed by atoms with E-state index in [1.54, 1.807) is 30.3 Å². The average Bonchev–Trinajstić information content (AvgIpc) is 2.68. The van der Waals surface area contributed by atoms with Crippen molar-refractivity contribution in [3.05, 3.63) is 65.5 Å². The summed E-state index contributed by atoms with van der Waals surface area (Å²) in [6.07, 6.45) is -1.11. The monoisotopic (exact) mass is 401 g/mol. The van der Waals surface area contributed by atoms with Gasteiger partial charge >= 0.3 is 12.0 Å². The molecule has 0 aliphatic rings. The summed E-state index contributed by atoms with van der Waals surface area (Å²) in [5, 5.41) is 7.79. The summed E-state index contributed by atoms with van der Waals surface area (Å²) >= 11 is 0. The Morgan fingerprint density at radius 1 is 1.00 bits per heavy atom. The second-order valence-electron chi connectivity index (χ2n) is 6.70. The number of benzene rings is 2.